The summed E-state index contributed by atoms with van der Waals surface area (Å²) >= 11 is 0. The fraction of sp³-hybridized carbons (Fsp3) is 0.462. The van der Waals surface area contributed by atoms with Gasteiger partial charge in [-0.15, -0.1) is 0 Å². The standard InChI is InChI=1S/C13H16N4O/c1-9-7-15-8-11(9)13-16-12(17-18-13)6-10-2-4-14-5-3-10/h2-5,9,11,15H,6-8H2,1H3. The van der Waals surface area contributed by atoms with Gasteiger partial charge in [0.25, 0.3) is 0 Å². The average molecular weight is 244 g/mol. The van der Waals surface area contributed by atoms with E-state index in [1.165, 1.54) is 0 Å². The second-order valence-electron chi connectivity index (χ2n) is 4.82. The van der Waals surface area contributed by atoms with Gasteiger partial charge in [-0.3, -0.25) is 4.98 Å². The molecule has 0 aromatic carbocycles. The first kappa shape index (κ1) is 11.3. The van der Waals surface area contributed by atoms with Crippen LogP contribution in [0.25, 0.3) is 0 Å². The lowest BCUT2D eigenvalue weighted by atomic mass is 9.98. The van der Waals surface area contributed by atoms with Crippen LogP contribution in [0.1, 0.15) is 30.1 Å². The van der Waals surface area contributed by atoms with Crippen molar-refractivity contribution in [3.63, 3.8) is 0 Å². The Hall–Kier alpha value is -1.75. The topological polar surface area (TPSA) is 63.8 Å². The van der Waals surface area contributed by atoms with E-state index in [9.17, 15) is 0 Å². The Bertz CT molecular complexity index is 511. The van der Waals surface area contributed by atoms with Crippen molar-refractivity contribution in [3.8, 4) is 0 Å². The second kappa shape index (κ2) is 4.86. The zero-order chi connectivity index (χ0) is 12.4. The summed E-state index contributed by atoms with van der Waals surface area (Å²) in [6.07, 6.45) is 4.25. The molecule has 0 aliphatic carbocycles. The van der Waals surface area contributed by atoms with E-state index in [1.54, 1.807) is 12.4 Å². The van der Waals surface area contributed by atoms with Crippen LogP contribution < -0.4 is 5.32 Å². The van der Waals surface area contributed by atoms with Gasteiger partial charge >= 0.3 is 0 Å². The summed E-state index contributed by atoms with van der Waals surface area (Å²) < 4.78 is 5.37. The monoisotopic (exact) mass is 244 g/mol. The Morgan fingerprint density at radius 2 is 2.17 bits per heavy atom. The molecule has 1 saturated heterocycles. The van der Waals surface area contributed by atoms with Crippen molar-refractivity contribution >= 4 is 0 Å². The molecular formula is C13H16N4O. The van der Waals surface area contributed by atoms with Crippen LogP contribution in [-0.4, -0.2) is 28.2 Å². The van der Waals surface area contributed by atoms with E-state index in [2.05, 4.69) is 27.4 Å². The van der Waals surface area contributed by atoms with E-state index in [0.717, 1.165) is 30.4 Å². The molecule has 1 aliphatic heterocycles. The minimum absolute atomic E-state index is 0.351. The molecule has 0 amide bonds. The molecule has 94 valence electrons. The van der Waals surface area contributed by atoms with Crippen LogP contribution in [-0.2, 0) is 6.42 Å². The third-order valence-electron chi connectivity index (χ3n) is 3.43. The molecule has 18 heavy (non-hydrogen) atoms. The number of rotatable bonds is 3. The van der Waals surface area contributed by atoms with Gasteiger partial charge in [0.1, 0.15) is 0 Å². The zero-order valence-corrected chi connectivity index (χ0v) is 10.3. The van der Waals surface area contributed by atoms with Gasteiger partial charge < -0.3 is 9.84 Å². The lowest BCUT2D eigenvalue weighted by Gasteiger charge is -2.07. The molecule has 2 unspecified atom stereocenters. The molecule has 2 atom stereocenters. The minimum atomic E-state index is 0.351. The summed E-state index contributed by atoms with van der Waals surface area (Å²) in [6, 6.07) is 3.94. The predicted molar refractivity (Wildman–Crippen MR) is 66.1 cm³/mol. The fourth-order valence-electron chi connectivity index (χ4n) is 2.31. The number of aromatic nitrogens is 3. The van der Waals surface area contributed by atoms with Gasteiger partial charge in [-0.05, 0) is 30.2 Å². The van der Waals surface area contributed by atoms with E-state index in [0.29, 0.717) is 18.3 Å². The predicted octanol–water partition coefficient (Wildman–Crippen LogP) is 1.38. The minimum Gasteiger partial charge on any atom is -0.339 e. The molecule has 0 bridgehead atoms. The van der Waals surface area contributed by atoms with E-state index in [-0.39, 0.29) is 0 Å². The summed E-state index contributed by atoms with van der Waals surface area (Å²) in [5.74, 6) is 2.41. The van der Waals surface area contributed by atoms with Crippen molar-refractivity contribution in [2.24, 2.45) is 5.92 Å². The quantitative estimate of drug-likeness (QED) is 0.883. The molecule has 0 radical (unpaired) electrons. The molecular weight excluding hydrogens is 228 g/mol. The lowest BCUT2D eigenvalue weighted by Crippen LogP contribution is -2.08. The number of nitrogens with zero attached hydrogens (tertiary/aromatic N) is 3. The molecule has 5 heteroatoms. The Balaban J connectivity index is 1.74. The van der Waals surface area contributed by atoms with Gasteiger partial charge in [0, 0.05) is 25.4 Å². The smallest absolute Gasteiger partial charge is 0.231 e. The second-order valence-corrected chi connectivity index (χ2v) is 4.82. The van der Waals surface area contributed by atoms with E-state index >= 15 is 0 Å². The normalized spacial score (nSPS) is 23.4. The lowest BCUT2D eigenvalue weighted by molar-refractivity contribution is 0.337. The van der Waals surface area contributed by atoms with Crippen LogP contribution in [0.5, 0.6) is 0 Å². The SMILES string of the molecule is CC1CNCC1c1nc(Cc2ccncc2)no1. The summed E-state index contributed by atoms with van der Waals surface area (Å²) in [6.45, 7) is 4.15. The first-order chi connectivity index (χ1) is 8.83. The Morgan fingerprint density at radius 3 is 2.89 bits per heavy atom. The van der Waals surface area contributed by atoms with Crippen molar-refractivity contribution in [1.82, 2.24) is 20.4 Å². The number of hydrogen-bond acceptors (Lipinski definition) is 5. The van der Waals surface area contributed by atoms with Gasteiger partial charge in [0.2, 0.25) is 5.89 Å². The Kier molecular flexibility index (Phi) is 3.06. The van der Waals surface area contributed by atoms with Gasteiger partial charge in [-0.25, -0.2) is 0 Å². The van der Waals surface area contributed by atoms with Crippen LogP contribution in [0, 0.1) is 5.92 Å². The van der Waals surface area contributed by atoms with Crippen LogP contribution >= 0.6 is 0 Å². The molecule has 1 fully saturated rings. The van der Waals surface area contributed by atoms with E-state index in [4.69, 9.17) is 4.52 Å². The van der Waals surface area contributed by atoms with Gasteiger partial charge in [0.05, 0.1) is 5.92 Å². The molecule has 3 rings (SSSR count). The summed E-state index contributed by atoms with van der Waals surface area (Å²) in [5, 5.41) is 7.40. The highest BCUT2D eigenvalue weighted by Crippen LogP contribution is 2.26. The van der Waals surface area contributed by atoms with Crippen LogP contribution in [0.15, 0.2) is 29.0 Å². The summed E-state index contributed by atoms with van der Waals surface area (Å²) in [7, 11) is 0. The van der Waals surface area contributed by atoms with Gasteiger partial charge in [0.15, 0.2) is 5.82 Å². The van der Waals surface area contributed by atoms with Crippen LogP contribution in [0.2, 0.25) is 0 Å². The van der Waals surface area contributed by atoms with Gasteiger partial charge in [-0.1, -0.05) is 12.1 Å². The molecule has 5 nitrogen and oxygen atoms in total. The Labute approximate surface area is 106 Å². The van der Waals surface area contributed by atoms with Crippen molar-refractivity contribution in [3.05, 3.63) is 41.8 Å². The molecule has 0 spiro atoms. The van der Waals surface area contributed by atoms with Gasteiger partial charge in [-0.2, -0.15) is 4.98 Å². The third kappa shape index (κ3) is 2.26. The number of nitrogens with one attached hydrogen (secondary N) is 1. The molecule has 0 saturated carbocycles. The number of hydrogen-bond donors (Lipinski definition) is 1. The maximum absolute atomic E-state index is 5.37. The average Bonchev–Trinajstić information content (AvgIpc) is 2.99. The van der Waals surface area contributed by atoms with Crippen molar-refractivity contribution in [2.75, 3.05) is 13.1 Å². The molecule has 2 aromatic rings. The van der Waals surface area contributed by atoms with Crippen molar-refractivity contribution in [1.29, 1.82) is 0 Å². The van der Waals surface area contributed by atoms with E-state index < -0.39 is 0 Å². The zero-order valence-electron chi connectivity index (χ0n) is 10.3. The molecule has 1 aliphatic rings. The molecule has 2 aromatic heterocycles. The maximum atomic E-state index is 5.37. The first-order valence-corrected chi connectivity index (χ1v) is 6.25. The van der Waals surface area contributed by atoms with Crippen molar-refractivity contribution in [2.45, 2.75) is 19.3 Å². The first-order valence-electron chi connectivity index (χ1n) is 6.25. The highest BCUT2D eigenvalue weighted by Gasteiger charge is 2.29. The largest absolute Gasteiger partial charge is 0.339 e. The van der Waals surface area contributed by atoms with Crippen molar-refractivity contribution < 1.29 is 4.52 Å². The fourth-order valence-corrected chi connectivity index (χ4v) is 2.31. The molecule has 1 N–H and O–H groups in total. The highest BCUT2D eigenvalue weighted by atomic mass is 16.5. The highest BCUT2D eigenvalue weighted by molar-refractivity contribution is 5.15. The summed E-state index contributed by atoms with van der Waals surface area (Å²) in [4.78, 5) is 8.49. The van der Waals surface area contributed by atoms with E-state index in [1.807, 2.05) is 12.1 Å². The third-order valence-corrected chi connectivity index (χ3v) is 3.43. The van der Waals surface area contributed by atoms with Crippen LogP contribution in [0.3, 0.4) is 0 Å². The molecule has 3 heterocycles. The number of pyridine rings is 1. The maximum Gasteiger partial charge on any atom is 0.231 e. The Morgan fingerprint density at radius 1 is 1.33 bits per heavy atom. The summed E-state index contributed by atoms with van der Waals surface area (Å²) in [5.41, 5.74) is 1.15. The van der Waals surface area contributed by atoms with Crippen LogP contribution in [0.4, 0.5) is 0 Å².